The Labute approximate surface area is 148 Å². The molecule has 4 heteroatoms. The van der Waals surface area contributed by atoms with Gasteiger partial charge in [0.2, 0.25) is 5.91 Å². The van der Waals surface area contributed by atoms with Gasteiger partial charge in [0.15, 0.2) is 0 Å². The molecule has 0 bridgehead atoms. The lowest BCUT2D eigenvalue weighted by Crippen LogP contribution is -2.26. The number of unbranched alkanes of at least 4 members (excludes halogenated alkanes) is 12. The number of hydrogen-bond donors (Lipinski definition) is 1. The number of amides is 1. The van der Waals surface area contributed by atoms with Crippen LogP contribution in [0.3, 0.4) is 0 Å². The van der Waals surface area contributed by atoms with E-state index in [9.17, 15) is 9.59 Å². The number of likely N-dealkylation sites (N-methyl/N-ethyl adjacent to an activating group) is 1. The smallest absolute Gasteiger partial charge is 0.328 e. The highest BCUT2D eigenvalue weighted by Gasteiger charge is 2.04. The maximum absolute atomic E-state index is 11.6. The molecule has 0 rings (SSSR count). The molecular weight excluding hydrogens is 302 g/mol. The van der Waals surface area contributed by atoms with Gasteiger partial charge in [0, 0.05) is 25.7 Å². The monoisotopic (exact) mass is 339 g/mol. The zero-order chi connectivity index (χ0) is 18.0. The third-order valence-corrected chi connectivity index (χ3v) is 4.34. The maximum Gasteiger partial charge on any atom is 0.328 e. The number of carbonyl (C=O) groups excluding carboxylic acids is 1. The van der Waals surface area contributed by atoms with Crippen molar-refractivity contribution in [3.05, 3.63) is 12.2 Å². The van der Waals surface area contributed by atoms with E-state index >= 15 is 0 Å². The van der Waals surface area contributed by atoms with Crippen LogP contribution in [0.15, 0.2) is 12.2 Å². The summed E-state index contributed by atoms with van der Waals surface area (Å²) in [5.41, 5.74) is 0. The van der Waals surface area contributed by atoms with E-state index < -0.39 is 5.97 Å². The molecule has 140 valence electrons. The lowest BCUT2D eigenvalue weighted by atomic mass is 10.0. The van der Waals surface area contributed by atoms with Gasteiger partial charge in [-0.15, -0.1) is 0 Å². The normalized spacial score (nSPS) is 11.1. The van der Waals surface area contributed by atoms with Gasteiger partial charge in [0.25, 0.3) is 0 Å². The summed E-state index contributed by atoms with van der Waals surface area (Å²) in [6, 6.07) is 0. The van der Waals surface area contributed by atoms with Crippen LogP contribution in [0, 0.1) is 0 Å². The Bertz CT molecular complexity index is 353. The minimum Gasteiger partial charge on any atom is -0.478 e. The van der Waals surface area contributed by atoms with Crippen molar-refractivity contribution in [1.29, 1.82) is 0 Å². The Kier molecular flexibility index (Phi) is 15.6. The van der Waals surface area contributed by atoms with Crippen molar-refractivity contribution in [2.24, 2.45) is 0 Å². The van der Waals surface area contributed by atoms with Crippen LogP contribution in [0.5, 0.6) is 0 Å². The van der Waals surface area contributed by atoms with Gasteiger partial charge in [0.1, 0.15) is 0 Å². The van der Waals surface area contributed by atoms with E-state index in [1.54, 1.807) is 11.9 Å². The summed E-state index contributed by atoms with van der Waals surface area (Å²) >= 11 is 0. The molecule has 0 aromatic heterocycles. The van der Waals surface area contributed by atoms with Gasteiger partial charge in [-0.25, -0.2) is 4.79 Å². The molecule has 0 saturated carbocycles. The van der Waals surface area contributed by atoms with Gasteiger partial charge in [-0.05, 0) is 6.42 Å². The zero-order valence-corrected chi connectivity index (χ0v) is 15.8. The number of nitrogens with zero attached hydrogens (tertiary/aromatic N) is 1. The molecule has 0 aliphatic heterocycles. The molecule has 24 heavy (non-hydrogen) atoms. The molecule has 0 fully saturated rings. The number of carboxylic acid groups (broad SMARTS) is 1. The molecule has 1 amide bonds. The number of carbonyl (C=O) groups is 2. The lowest BCUT2D eigenvalue weighted by Gasteiger charge is -2.14. The average Bonchev–Trinajstić information content (AvgIpc) is 2.56. The van der Waals surface area contributed by atoms with E-state index in [1.165, 1.54) is 70.6 Å². The molecule has 0 atom stereocenters. The molecular formula is C20H37NO3. The summed E-state index contributed by atoms with van der Waals surface area (Å²) in [7, 11) is 1.72. The topological polar surface area (TPSA) is 57.6 Å². The third kappa shape index (κ3) is 15.6. The first kappa shape index (κ1) is 22.7. The second-order valence-electron chi connectivity index (χ2n) is 6.67. The quantitative estimate of drug-likeness (QED) is 0.311. The van der Waals surface area contributed by atoms with E-state index in [4.69, 9.17) is 5.11 Å². The molecule has 0 heterocycles. The van der Waals surface area contributed by atoms with Gasteiger partial charge >= 0.3 is 5.97 Å². The van der Waals surface area contributed by atoms with E-state index in [2.05, 4.69) is 6.92 Å². The highest BCUT2D eigenvalue weighted by atomic mass is 16.4. The third-order valence-electron chi connectivity index (χ3n) is 4.34. The van der Waals surface area contributed by atoms with Gasteiger partial charge in [-0.3, -0.25) is 4.79 Å². The van der Waals surface area contributed by atoms with Gasteiger partial charge < -0.3 is 10.0 Å². The van der Waals surface area contributed by atoms with Gasteiger partial charge in [-0.2, -0.15) is 0 Å². The molecule has 0 spiro atoms. The Morgan fingerprint density at radius 1 is 0.750 bits per heavy atom. The van der Waals surface area contributed by atoms with Crippen molar-refractivity contribution in [2.45, 2.75) is 90.4 Å². The zero-order valence-electron chi connectivity index (χ0n) is 15.8. The molecule has 0 aliphatic rings. The fourth-order valence-corrected chi connectivity index (χ4v) is 2.75. The SMILES string of the molecule is CCCCCCCCCCCCCCCN(C)C(=O)/C=C/C(=O)O. The molecule has 0 radical (unpaired) electrons. The predicted octanol–water partition coefficient (Wildman–Crippen LogP) is 5.18. The first-order chi connectivity index (χ1) is 11.6. The Morgan fingerprint density at radius 2 is 1.17 bits per heavy atom. The average molecular weight is 340 g/mol. The van der Waals surface area contributed by atoms with Crippen LogP contribution in [-0.4, -0.2) is 35.5 Å². The summed E-state index contributed by atoms with van der Waals surface area (Å²) in [5.74, 6) is -1.32. The fraction of sp³-hybridized carbons (Fsp3) is 0.800. The van der Waals surface area contributed by atoms with E-state index in [0.29, 0.717) is 6.54 Å². The standard InChI is InChI=1S/C20H37NO3/c1-3-4-5-6-7-8-9-10-11-12-13-14-15-18-21(2)19(22)16-17-20(23)24/h16-17H,3-15,18H2,1-2H3,(H,23,24)/b17-16+. The van der Waals surface area contributed by atoms with Crippen LogP contribution < -0.4 is 0 Å². The summed E-state index contributed by atoms with van der Waals surface area (Å²) in [4.78, 5) is 23.5. The van der Waals surface area contributed by atoms with Crippen LogP contribution in [0.2, 0.25) is 0 Å². The Morgan fingerprint density at radius 3 is 1.58 bits per heavy atom. The van der Waals surface area contributed by atoms with Crippen molar-refractivity contribution in [3.8, 4) is 0 Å². The van der Waals surface area contributed by atoms with Crippen molar-refractivity contribution in [3.63, 3.8) is 0 Å². The molecule has 4 nitrogen and oxygen atoms in total. The Balaban J connectivity index is 3.33. The Hall–Kier alpha value is -1.32. The van der Waals surface area contributed by atoms with Crippen LogP contribution in [0.1, 0.15) is 90.4 Å². The molecule has 0 unspecified atom stereocenters. The number of rotatable bonds is 16. The minimum atomic E-state index is -1.09. The molecule has 0 saturated heterocycles. The van der Waals surface area contributed by atoms with Crippen molar-refractivity contribution < 1.29 is 14.7 Å². The first-order valence-corrected chi connectivity index (χ1v) is 9.74. The van der Waals surface area contributed by atoms with Crippen LogP contribution in [0.4, 0.5) is 0 Å². The van der Waals surface area contributed by atoms with Crippen molar-refractivity contribution in [1.82, 2.24) is 4.90 Å². The number of hydrogen-bond acceptors (Lipinski definition) is 2. The highest BCUT2D eigenvalue weighted by molar-refractivity contribution is 5.93. The molecule has 0 aromatic rings. The number of carboxylic acids is 1. The van der Waals surface area contributed by atoms with Crippen molar-refractivity contribution in [2.75, 3.05) is 13.6 Å². The highest BCUT2D eigenvalue weighted by Crippen LogP contribution is 2.12. The van der Waals surface area contributed by atoms with Crippen molar-refractivity contribution >= 4 is 11.9 Å². The van der Waals surface area contributed by atoms with Crippen LogP contribution >= 0.6 is 0 Å². The summed E-state index contributed by atoms with van der Waals surface area (Å²) < 4.78 is 0. The maximum atomic E-state index is 11.6. The largest absolute Gasteiger partial charge is 0.478 e. The van der Waals surface area contributed by atoms with E-state index in [1.807, 2.05) is 0 Å². The first-order valence-electron chi connectivity index (χ1n) is 9.74. The molecule has 0 aliphatic carbocycles. The molecule has 0 aromatic carbocycles. The summed E-state index contributed by atoms with van der Waals surface area (Å²) in [6.07, 6.45) is 19.0. The predicted molar refractivity (Wildman–Crippen MR) is 100 cm³/mol. The summed E-state index contributed by atoms with van der Waals surface area (Å²) in [5, 5.41) is 8.49. The van der Waals surface area contributed by atoms with Gasteiger partial charge in [0.05, 0.1) is 0 Å². The van der Waals surface area contributed by atoms with Crippen LogP contribution in [0.25, 0.3) is 0 Å². The summed E-state index contributed by atoms with van der Waals surface area (Å²) in [6.45, 7) is 2.95. The fourth-order valence-electron chi connectivity index (χ4n) is 2.75. The second-order valence-corrected chi connectivity index (χ2v) is 6.67. The van der Waals surface area contributed by atoms with Crippen LogP contribution in [-0.2, 0) is 9.59 Å². The number of aliphatic carboxylic acids is 1. The van der Waals surface area contributed by atoms with E-state index in [0.717, 1.165) is 25.0 Å². The molecule has 1 N–H and O–H groups in total. The minimum absolute atomic E-state index is 0.240. The van der Waals surface area contributed by atoms with E-state index in [-0.39, 0.29) is 5.91 Å². The second kappa shape index (κ2) is 16.5. The van der Waals surface area contributed by atoms with Gasteiger partial charge in [-0.1, -0.05) is 84.0 Å². The lowest BCUT2D eigenvalue weighted by molar-refractivity contribution is -0.132.